The van der Waals surface area contributed by atoms with Crippen molar-refractivity contribution >= 4 is 8.80 Å². The molecule has 4 N–H and O–H groups in total. The van der Waals surface area contributed by atoms with Crippen molar-refractivity contribution in [2.75, 3.05) is 26.4 Å². The SMILES string of the molecule is [CH2]CC(N)(CCCN)[Si](OCC)(OCC)OCC. The second-order valence-corrected chi connectivity index (χ2v) is 7.13. The van der Waals surface area contributed by atoms with E-state index in [0.29, 0.717) is 39.2 Å². The van der Waals surface area contributed by atoms with Crippen LogP contribution >= 0.6 is 0 Å². The fourth-order valence-electron chi connectivity index (χ4n) is 1.97. The third kappa shape index (κ3) is 4.29. The Morgan fingerprint density at radius 3 is 1.78 bits per heavy atom. The van der Waals surface area contributed by atoms with Crippen LogP contribution < -0.4 is 11.5 Å². The molecule has 0 saturated heterocycles. The third-order valence-electron chi connectivity index (χ3n) is 2.89. The average Bonchev–Trinajstić information content (AvgIpc) is 2.36. The zero-order chi connectivity index (χ0) is 14.1. The number of nitrogens with two attached hydrogens (primary N) is 2. The van der Waals surface area contributed by atoms with Crippen LogP contribution in [0, 0.1) is 6.92 Å². The van der Waals surface area contributed by atoms with E-state index in [1.54, 1.807) is 0 Å². The standard InChI is InChI=1S/C12H29N2O3Si/c1-5-12(14,10-9-11-13)18(15-6-2,16-7-3)17-8-4/h1,5-11,13-14H2,2-4H3. The van der Waals surface area contributed by atoms with E-state index < -0.39 is 14.0 Å². The molecule has 0 bridgehead atoms. The zero-order valence-corrected chi connectivity index (χ0v) is 13.0. The lowest BCUT2D eigenvalue weighted by Gasteiger charge is -2.42. The Balaban J connectivity index is 5.16. The molecule has 0 rings (SSSR count). The highest BCUT2D eigenvalue weighted by molar-refractivity contribution is 6.64. The Morgan fingerprint density at radius 1 is 1.06 bits per heavy atom. The highest BCUT2D eigenvalue weighted by atomic mass is 28.4. The number of hydrogen-bond acceptors (Lipinski definition) is 5. The summed E-state index contributed by atoms with van der Waals surface area (Å²) < 4.78 is 17.6. The molecule has 5 nitrogen and oxygen atoms in total. The largest absolute Gasteiger partial charge is 0.521 e. The quantitative estimate of drug-likeness (QED) is 0.555. The first-order valence-corrected chi connectivity index (χ1v) is 8.48. The van der Waals surface area contributed by atoms with E-state index in [1.807, 2.05) is 20.8 Å². The molecule has 0 aliphatic carbocycles. The molecule has 0 heterocycles. The van der Waals surface area contributed by atoms with Crippen LogP contribution in [0.4, 0.5) is 0 Å². The Bertz CT molecular complexity index is 202. The van der Waals surface area contributed by atoms with Crippen LogP contribution in [0.25, 0.3) is 0 Å². The van der Waals surface area contributed by atoms with Gasteiger partial charge in [-0.3, -0.25) is 0 Å². The van der Waals surface area contributed by atoms with Gasteiger partial charge in [-0.05, 0) is 46.6 Å². The molecule has 0 aliphatic heterocycles. The molecule has 0 aromatic heterocycles. The van der Waals surface area contributed by atoms with Crippen LogP contribution in [-0.4, -0.2) is 40.3 Å². The summed E-state index contributed by atoms with van der Waals surface area (Å²) in [4.78, 5) is 0. The van der Waals surface area contributed by atoms with E-state index in [0.717, 1.165) is 6.42 Å². The van der Waals surface area contributed by atoms with Crippen LogP contribution in [-0.2, 0) is 13.3 Å². The second-order valence-electron chi connectivity index (χ2n) is 4.15. The monoisotopic (exact) mass is 277 g/mol. The van der Waals surface area contributed by atoms with Gasteiger partial charge >= 0.3 is 8.80 Å². The van der Waals surface area contributed by atoms with E-state index in [4.69, 9.17) is 24.7 Å². The smallest absolute Gasteiger partial charge is 0.373 e. The van der Waals surface area contributed by atoms with E-state index in [-0.39, 0.29) is 0 Å². The predicted molar refractivity (Wildman–Crippen MR) is 75.8 cm³/mol. The summed E-state index contributed by atoms with van der Waals surface area (Å²) in [5, 5.41) is -0.658. The van der Waals surface area contributed by atoms with Gasteiger partial charge in [0.15, 0.2) is 0 Å². The first kappa shape index (κ1) is 18.0. The third-order valence-corrected chi connectivity index (χ3v) is 6.61. The molecule has 0 spiro atoms. The fourth-order valence-corrected chi connectivity index (χ4v) is 5.02. The molecule has 0 aliphatic rings. The summed E-state index contributed by atoms with van der Waals surface area (Å²) in [6.07, 6.45) is 2.03. The molecule has 1 radical (unpaired) electrons. The lowest BCUT2D eigenvalue weighted by Crippen LogP contribution is -2.70. The first-order chi connectivity index (χ1) is 8.55. The molecular weight excluding hydrogens is 248 g/mol. The Labute approximate surface area is 113 Å². The van der Waals surface area contributed by atoms with Gasteiger partial charge in [0, 0.05) is 19.8 Å². The van der Waals surface area contributed by atoms with Crippen molar-refractivity contribution in [1.29, 1.82) is 0 Å². The molecule has 0 amide bonds. The minimum atomic E-state index is -2.93. The summed E-state index contributed by atoms with van der Waals surface area (Å²) in [6, 6.07) is 0. The maximum absolute atomic E-state index is 6.49. The molecule has 1 atom stereocenters. The molecule has 6 heteroatoms. The lowest BCUT2D eigenvalue weighted by atomic mass is 10.1. The summed E-state index contributed by atoms with van der Waals surface area (Å²) >= 11 is 0. The van der Waals surface area contributed by atoms with Gasteiger partial charge in [-0.15, -0.1) is 0 Å². The molecule has 0 aromatic carbocycles. The van der Waals surface area contributed by atoms with Crippen molar-refractivity contribution in [3.63, 3.8) is 0 Å². The maximum atomic E-state index is 6.49. The minimum Gasteiger partial charge on any atom is -0.373 e. The van der Waals surface area contributed by atoms with Crippen LogP contribution in [0.2, 0.25) is 0 Å². The van der Waals surface area contributed by atoms with Gasteiger partial charge in [0.25, 0.3) is 0 Å². The topological polar surface area (TPSA) is 79.7 Å². The van der Waals surface area contributed by atoms with E-state index >= 15 is 0 Å². The van der Waals surface area contributed by atoms with Crippen molar-refractivity contribution in [1.82, 2.24) is 0 Å². The van der Waals surface area contributed by atoms with Crippen molar-refractivity contribution in [2.24, 2.45) is 11.5 Å². The highest BCUT2D eigenvalue weighted by Crippen LogP contribution is 2.29. The summed E-state index contributed by atoms with van der Waals surface area (Å²) in [5.74, 6) is 0. The number of rotatable bonds is 11. The van der Waals surface area contributed by atoms with E-state index in [9.17, 15) is 0 Å². The van der Waals surface area contributed by atoms with Crippen molar-refractivity contribution in [2.45, 2.75) is 45.2 Å². The normalized spacial score (nSPS) is 15.7. The summed E-state index contributed by atoms with van der Waals surface area (Å²) in [5.41, 5.74) is 12.1. The molecule has 0 aromatic rings. The van der Waals surface area contributed by atoms with Crippen LogP contribution in [0.5, 0.6) is 0 Å². The Hall–Kier alpha value is 0.0169. The number of hydrogen-bond donors (Lipinski definition) is 2. The van der Waals surface area contributed by atoms with Gasteiger partial charge in [-0.1, -0.05) is 6.92 Å². The first-order valence-electron chi connectivity index (χ1n) is 6.75. The van der Waals surface area contributed by atoms with E-state index in [1.165, 1.54) is 0 Å². The van der Waals surface area contributed by atoms with Gasteiger partial charge in [0.1, 0.15) is 0 Å². The van der Waals surface area contributed by atoms with Crippen molar-refractivity contribution in [3.05, 3.63) is 6.92 Å². The Kier molecular flexibility index (Phi) is 9.01. The van der Waals surface area contributed by atoms with Crippen molar-refractivity contribution < 1.29 is 13.3 Å². The van der Waals surface area contributed by atoms with E-state index in [2.05, 4.69) is 6.92 Å². The molecule has 1 unspecified atom stereocenters. The lowest BCUT2D eigenvalue weighted by molar-refractivity contribution is 0.0430. The second kappa shape index (κ2) is 9.01. The minimum absolute atomic E-state index is 0.513. The Morgan fingerprint density at radius 2 is 1.50 bits per heavy atom. The molecule has 18 heavy (non-hydrogen) atoms. The van der Waals surface area contributed by atoms with Gasteiger partial charge in [-0.25, -0.2) is 0 Å². The summed E-state index contributed by atoms with van der Waals surface area (Å²) in [7, 11) is -2.93. The average molecular weight is 277 g/mol. The fraction of sp³-hybridized carbons (Fsp3) is 0.917. The molecule has 0 saturated carbocycles. The van der Waals surface area contributed by atoms with Gasteiger partial charge in [-0.2, -0.15) is 0 Å². The predicted octanol–water partition coefficient (Wildman–Crippen LogP) is 1.23. The van der Waals surface area contributed by atoms with Gasteiger partial charge in [0.05, 0.1) is 5.16 Å². The van der Waals surface area contributed by atoms with Gasteiger partial charge in [0.2, 0.25) is 0 Å². The van der Waals surface area contributed by atoms with Gasteiger partial charge < -0.3 is 24.7 Å². The molecular formula is C12H29N2O3Si. The summed E-state index contributed by atoms with van der Waals surface area (Å²) in [6.45, 7) is 11.9. The van der Waals surface area contributed by atoms with Crippen LogP contribution in [0.15, 0.2) is 0 Å². The zero-order valence-electron chi connectivity index (χ0n) is 12.0. The van der Waals surface area contributed by atoms with Crippen LogP contribution in [0.1, 0.15) is 40.0 Å². The van der Waals surface area contributed by atoms with Crippen molar-refractivity contribution in [3.8, 4) is 0 Å². The van der Waals surface area contributed by atoms with Crippen LogP contribution in [0.3, 0.4) is 0 Å². The molecule has 0 fully saturated rings. The molecule has 109 valence electrons. The highest BCUT2D eigenvalue weighted by Gasteiger charge is 2.57. The maximum Gasteiger partial charge on any atom is 0.521 e.